The van der Waals surface area contributed by atoms with Crippen LogP contribution >= 0.6 is 11.8 Å². The zero-order valence-electron chi connectivity index (χ0n) is 9.72. The second kappa shape index (κ2) is 4.78. The molecule has 0 aliphatic heterocycles. The number of rotatable bonds is 3. The van der Waals surface area contributed by atoms with Crippen LogP contribution in [-0.4, -0.2) is 16.3 Å². The molecule has 0 N–H and O–H groups in total. The Morgan fingerprint density at radius 1 is 0.929 bits per heavy atom. The van der Waals surface area contributed by atoms with E-state index in [1.807, 2.05) is 20.8 Å². The summed E-state index contributed by atoms with van der Waals surface area (Å²) in [5.74, 6) is -0.0652. The Hall–Kier alpha value is -0.570. The fourth-order valence-electron chi connectivity index (χ4n) is 0.879. The lowest BCUT2D eigenvalue weighted by Gasteiger charge is -2.19. The van der Waals surface area contributed by atoms with Crippen molar-refractivity contribution < 1.29 is 9.59 Å². The minimum Gasteiger partial charge on any atom is -0.295 e. The summed E-state index contributed by atoms with van der Waals surface area (Å²) in [5.41, 5.74) is 0.567. The van der Waals surface area contributed by atoms with Gasteiger partial charge in [-0.3, -0.25) is 9.59 Å². The van der Waals surface area contributed by atoms with E-state index in [4.69, 9.17) is 0 Å². The second-order valence-corrected chi connectivity index (χ2v) is 6.12. The SMILES string of the molecule is CC(=O)C(C)=C(SC(C)(C)C)C(C)=O. The van der Waals surface area contributed by atoms with Gasteiger partial charge in [0.15, 0.2) is 11.6 Å². The highest BCUT2D eigenvalue weighted by Gasteiger charge is 2.20. The molecule has 0 fully saturated rings. The maximum absolute atomic E-state index is 11.3. The van der Waals surface area contributed by atoms with Crippen LogP contribution in [0.2, 0.25) is 0 Å². The first-order chi connectivity index (χ1) is 6.15. The predicted octanol–water partition coefficient (Wildman–Crippen LogP) is 2.97. The van der Waals surface area contributed by atoms with Gasteiger partial charge in [-0.2, -0.15) is 0 Å². The minimum absolute atomic E-state index is 0.0300. The normalized spacial score (nSPS) is 13.6. The lowest BCUT2D eigenvalue weighted by atomic mass is 10.2. The Labute approximate surface area is 90.1 Å². The van der Waals surface area contributed by atoms with E-state index < -0.39 is 0 Å². The molecule has 0 radical (unpaired) electrons. The van der Waals surface area contributed by atoms with Crippen LogP contribution in [0, 0.1) is 0 Å². The molecule has 0 spiro atoms. The average Bonchev–Trinajstić information content (AvgIpc) is 1.96. The summed E-state index contributed by atoms with van der Waals surface area (Å²) in [7, 11) is 0. The molecule has 0 unspecified atom stereocenters. The number of Topliss-reactive ketones (excluding diaryl/α,β-unsaturated/α-hetero) is 2. The lowest BCUT2D eigenvalue weighted by Crippen LogP contribution is -2.13. The Balaban J connectivity index is 5.07. The van der Waals surface area contributed by atoms with E-state index >= 15 is 0 Å². The molecule has 0 saturated carbocycles. The maximum Gasteiger partial charge on any atom is 0.166 e. The van der Waals surface area contributed by atoms with Crippen molar-refractivity contribution in [2.45, 2.75) is 46.3 Å². The summed E-state index contributed by atoms with van der Waals surface area (Å²) in [4.78, 5) is 23.1. The van der Waals surface area contributed by atoms with Crippen molar-refractivity contribution in [1.82, 2.24) is 0 Å². The number of ketones is 2. The van der Waals surface area contributed by atoms with E-state index in [0.717, 1.165) is 0 Å². The topological polar surface area (TPSA) is 34.1 Å². The van der Waals surface area contributed by atoms with Crippen molar-refractivity contribution in [3.05, 3.63) is 10.5 Å². The molecule has 0 aliphatic rings. The maximum atomic E-state index is 11.3. The minimum atomic E-state index is -0.0439. The van der Waals surface area contributed by atoms with Gasteiger partial charge >= 0.3 is 0 Å². The number of carbonyl (C=O) groups is 2. The lowest BCUT2D eigenvalue weighted by molar-refractivity contribution is -0.115. The summed E-state index contributed by atoms with van der Waals surface area (Å²) in [6.07, 6.45) is 0. The smallest absolute Gasteiger partial charge is 0.166 e. The molecule has 0 atom stereocenters. The van der Waals surface area contributed by atoms with Crippen molar-refractivity contribution in [3.63, 3.8) is 0 Å². The molecule has 2 nitrogen and oxygen atoms in total. The van der Waals surface area contributed by atoms with Crippen LogP contribution in [-0.2, 0) is 9.59 Å². The van der Waals surface area contributed by atoms with Crippen LogP contribution < -0.4 is 0 Å². The molecule has 0 saturated heterocycles. The third kappa shape index (κ3) is 4.61. The highest BCUT2D eigenvalue weighted by Crippen LogP contribution is 2.33. The Bertz CT molecular complexity index is 282. The van der Waals surface area contributed by atoms with Crippen LogP contribution in [0.15, 0.2) is 10.5 Å². The fourth-order valence-corrected chi connectivity index (χ4v) is 1.93. The predicted molar refractivity (Wildman–Crippen MR) is 61.4 cm³/mol. The van der Waals surface area contributed by atoms with Gasteiger partial charge in [-0.15, -0.1) is 11.8 Å². The Morgan fingerprint density at radius 3 is 1.57 bits per heavy atom. The molecular weight excluding hydrogens is 196 g/mol. The quantitative estimate of drug-likeness (QED) is 0.677. The number of hydrogen-bond donors (Lipinski definition) is 0. The molecule has 80 valence electrons. The van der Waals surface area contributed by atoms with E-state index in [0.29, 0.717) is 10.5 Å². The van der Waals surface area contributed by atoms with Crippen molar-refractivity contribution in [3.8, 4) is 0 Å². The van der Waals surface area contributed by atoms with Crippen molar-refractivity contribution in [1.29, 1.82) is 0 Å². The molecule has 0 heterocycles. The Morgan fingerprint density at radius 2 is 1.36 bits per heavy atom. The molecular formula is C11H18O2S. The van der Waals surface area contributed by atoms with Crippen LogP contribution in [0.25, 0.3) is 0 Å². The number of allylic oxidation sites excluding steroid dienone is 2. The summed E-state index contributed by atoms with van der Waals surface area (Å²) in [6.45, 7) is 10.8. The summed E-state index contributed by atoms with van der Waals surface area (Å²) < 4.78 is -0.0439. The van der Waals surface area contributed by atoms with Crippen molar-refractivity contribution in [2.75, 3.05) is 0 Å². The first-order valence-corrected chi connectivity index (χ1v) is 5.38. The van der Waals surface area contributed by atoms with Crippen LogP contribution in [0.5, 0.6) is 0 Å². The number of thioether (sulfide) groups is 1. The summed E-state index contributed by atoms with van der Waals surface area (Å²) in [6, 6.07) is 0. The molecule has 0 aromatic heterocycles. The van der Waals surface area contributed by atoms with Gasteiger partial charge in [-0.1, -0.05) is 20.8 Å². The highest BCUT2D eigenvalue weighted by atomic mass is 32.2. The van der Waals surface area contributed by atoms with E-state index in [-0.39, 0.29) is 16.3 Å². The van der Waals surface area contributed by atoms with E-state index in [9.17, 15) is 9.59 Å². The molecule has 3 heteroatoms. The molecule has 0 amide bonds. The molecule has 0 aliphatic carbocycles. The Kier molecular flexibility index (Phi) is 4.59. The zero-order valence-corrected chi connectivity index (χ0v) is 10.5. The van der Waals surface area contributed by atoms with Crippen LogP contribution in [0.4, 0.5) is 0 Å². The van der Waals surface area contributed by atoms with Crippen molar-refractivity contribution in [2.24, 2.45) is 0 Å². The first-order valence-electron chi connectivity index (χ1n) is 4.57. The fraction of sp³-hybridized carbons (Fsp3) is 0.636. The van der Waals surface area contributed by atoms with Gasteiger partial charge in [0.1, 0.15) is 0 Å². The van der Waals surface area contributed by atoms with E-state index in [2.05, 4.69) is 0 Å². The van der Waals surface area contributed by atoms with Gasteiger partial charge in [0.25, 0.3) is 0 Å². The molecule has 0 rings (SSSR count). The van der Waals surface area contributed by atoms with Crippen LogP contribution in [0.1, 0.15) is 41.5 Å². The molecule has 0 aromatic carbocycles. The summed E-state index contributed by atoms with van der Waals surface area (Å²) >= 11 is 1.46. The van der Waals surface area contributed by atoms with E-state index in [1.165, 1.54) is 25.6 Å². The summed E-state index contributed by atoms with van der Waals surface area (Å²) in [5, 5.41) is 0. The third-order valence-corrected chi connectivity index (χ3v) is 3.01. The second-order valence-electron chi connectivity index (χ2n) is 4.28. The standard InChI is InChI=1S/C11H18O2S/c1-7(8(2)12)10(9(3)13)14-11(4,5)6/h1-6H3. The van der Waals surface area contributed by atoms with Gasteiger partial charge < -0.3 is 0 Å². The van der Waals surface area contributed by atoms with Gasteiger partial charge in [0.2, 0.25) is 0 Å². The van der Waals surface area contributed by atoms with Gasteiger partial charge in [0.05, 0.1) is 4.91 Å². The monoisotopic (exact) mass is 214 g/mol. The van der Waals surface area contributed by atoms with Gasteiger partial charge in [0, 0.05) is 10.3 Å². The van der Waals surface area contributed by atoms with Gasteiger partial charge in [-0.05, 0) is 20.8 Å². The van der Waals surface area contributed by atoms with Crippen molar-refractivity contribution >= 4 is 23.3 Å². The average molecular weight is 214 g/mol. The highest BCUT2D eigenvalue weighted by molar-refractivity contribution is 8.05. The largest absolute Gasteiger partial charge is 0.295 e. The van der Waals surface area contributed by atoms with E-state index in [1.54, 1.807) is 6.92 Å². The molecule has 0 bridgehead atoms. The first kappa shape index (κ1) is 13.4. The number of hydrogen-bond acceptors (Lipinski definition) is 3. The van der Waals surface area contributed by atoms with Gasteiger partial charge in [-0.25, -0.2) is 0 Å². The zero-order chi connectivity index (χ0) is 11.5. The molecule has 0 aromatic rings. The number of carbonyl (C=O) groups excluding carboxylic acids is 2. The molecule has 14 heavy (non-hydrogen) atoms. The van der Waals surface area contributed by atoms with Crippen LogP contribution in [0.3, 0.4) is 0 Å². The third-order valence-electron chi connectivity index (χ3n) is 1.60.